The van der Waals surface area contributed by atoms with E-state index < -0.39 is 4.92 Å². The summed E-state index contributed by atoms with van der Waals surface area (Å²) in [5.74, 6) is -0.164. The molecule has 1 aliphatic heterocycles. The summed E-state index contributed by atoms with van der Waals surface area (Å²) in [6, 6.07) is 18.8. The van der Waals surface area contributed by atoms with Crippen molar-refractivity contribution in [3.8, 4) is 11.3 Å². The molecule has 2 aromatic carbocycles. The zero-order chi connectivity index (χ0) is 21.8. The molecule has 3 aromatic rings. The zero-order valence-electron chi connectivity index (χ0n) is 16.8. The zero-order valence-corrected chi connectivity index (χ0v) is 16.8. The molecule has 0 radical (unpaired) electrons. The van der Waals surface area contributed by atoms with Gasteiger partial charge in [-0.15, -0.1) is 0 Å². The Morgan fingerprint density at radius 1 is 0.935 bits per heavy atom. The maximum Gasteiger partial charge on any atom is 0.269 e. The summed E-state index contributed by atoms with van der Waals surface area (Å²) in [7, 11) is 0. The molecule has 0 bridgehead atoms. The van der Waals surface area contributed by atoms with Crippen molar-refractivity contribution in [2.45, 2.75) is 6.54 Å². The number of carbonyl (C=O) groups excluding carboxylic acids is 1. The number of piperazine rings is 1. The third kappa shape index (κ3) is 4.61. The van der Waals surface area contributed by atoms with Gasteiger partial charge in [-0.2, -0.15) is 5.10 Å². The van der Waals surface area contributed by atoms with Gasteiger partial charge in [0.05, 0.1) is 10.6 Å². The highest BCUT2D eigenvalue weighted by Gasteiger charge is 2.22. The quantitative estimate of drug-likeness (QED) is 0.464. The Kier molecular flexibility index (Phi) is 5.74. The van der Waals surface area contributed by atoms with Crippen molar-refractivity contribution in [2.75, 3.05) is 31.1 Å². The standard InChI is InChI=1S/C22H21N5O4/c28-21-11-10-20(17-6-8-19(9-7-17)27(30)31)23-26(21)16-22(29)25-14-12-24(13-15-25)18-4-2-1-3-5-18/h1-11H,12-16H2. The van der Waals surface area contributed by atoms with E-state index in [9.17, 15) is 19.7 Å². The third-order valence-electron chi connectivity index (χ3n) is 5.28. The first-order chi connectivity index (χ1) is 15.0. The van der Waals surface area contributed by atoms with Gasteiger partial charge < -0.3 is 9.80 Å². The van der Waals surface area contributed by atoms with Crippen LogP contribution in [0.4, 0.5) is 11.4 Å². The lowest BCUT2D eigenvalue weighted by Gasteiger charge is -2.36. The topological polar surface area (TPSA) is 102 Å². The van der Waals surface area contributed by atoms with Gasteiger partial charge >= 0.3 is 0 Å². The first kappa shape index (κ1) is 20.3. The average molecular weight is 419 g/mol. The number of non-ortho nitro benzene ring substituents is 1. The molecule has 0 unspecified atom stereocenters. The van der Waals surface area contributed by atoms with Crippen molar-refractivity contribution in [2.24, 2.45) is 0 Å². The van der Waals surface area contributed by atoms with E-state index in [2.05, 4.69) is 10.00 Å². The predicted octanol–water partition coefficient (Wildman–Crippen LogP) is 2.17. The maximum atomic E-state index is 12.8. The molecule has 0 N–H and O–H groups in total. The number of nitrogens with zero attached hydrogens (tertiary/aromatic N) is 5. The van der Waals surface area contributed by atoms with Crippen molar-refractivity contribution in [1.29, 1.82) is 0 Å². The first-order valence-electron chi connectivity index (χ1n) is 9.92. The Hall–Kier alpha value is -4.01. The van der Waals surface area contributed by atoms with Crippen LogP contribution in [0.25, 0.3) is 11.3 Å². The maximum absolute atomic E-state index is 12.8. The van der Waals surface area contributed by atoms with E-state index in [0.29, 0.717) is 24.3 Å². The van der Waals surface area contributed by atoms with E-state index in [1.807, 2.05) is 30.3 Å². The van der Waals surface area contributed by atoms with E-state index in [4.69, 9.17) is 0 Å². The Morgan fingerprint density at radius 3 is 2.26 bits per heavy atom. The van der Waals surface area contributed by atoms with Gasteiger partial charge in [0.25, 0.3) is 11.2 Å². The van der Waals surface area contributed by atoms with Crippen LogP contribution in [-0.4, -0.2) is 51.7 Å². The summed E-state index contributed by atoms with van der Waals surface area (Å²) in [5.41, 5.74) is 1.83. The molecule has 4 rings (SSSR count). The molecule has 0 atom stereocenters. The highest BCUT2D eigenvalue weighted by molar-refractivity contribution is 5.76. The van der Waals surface area contributed by atoms with Crippen LogP contribution in [0.15, 0.2) is 71.5 Å². The second-order valence-electron chi connectivity index (χ2n) is 7.22. The number of hydrogen-bond donors (Lipinski definition) is 0. The predicted molar refractivity (Wildman–Crippen MR) is 116 cm³/mol. The fourth-order valence-electron chi connectivity index (χ4n) is 3.55. The van der Waals surface area contributed by atoms with Crippen molar-refractivity contribution in [1.82, 2.24) is 14.7 Å². The van der Waals surface area contributed by atoms with Crippen LogP contribution in [0.3, 0.4) is 0 Å². The van der Waals surface area contributed by atoms with Crippen molar-refractivity contribution < 1.29 is 9.72 Å². The highest BCUT2D eigenvalue weighted by atomic mass is 16.6. The molecule has 0 saturated carbocycles. The molecule has 158 valence electrons. The Bertz CT molecular complexity index is 1140. The second-order valence-corrected chi connectivity index (χ2v) is 7.22. The van der Waals surface area contributed by atoms with Crippen molar-refractivity contribution in [3.05, 3.63) is 87.2 Å². The van der Waals surface area contributed by atoms with E-state index in [0.717, 1.165) is 23.5 Å². The lowest BCUT2D eigenvalue weighted by atomic mass is 10.1. The van der Waals surface area contributed by atoms with E-state index >= 15 is 0 Å². The number of nitro benzene ring substituents is 1. The molecule has 1 aliphatic rings. The fraction of sp³-hybridized carbons (Fsp3) is 0.227. The Balaban J connectivity index is 1.43. The molecule has 0 spiro atoms. The summed E-state index contributed by atoms with van der Waals surface area (Å²) < 4.78 is 1.14. The van der Waals surface area contributed by atoms with E-state index in [-0.39, 0.29) is 23.7 Å². The minimum atomic E-state index is -0.478. The van der Waals surface area contributed by atoms with Gasteiger partial charge in [-0.25, -0.2) is 4.68 Å². The summed E-state index contributed by atoms with van der Waals surface area (Å²) in [5, 5.41) is 15.1. The van der Waals surface area contributed by atoms with Gasteiger partial charge in [0.15, 0.2) is 0 Å². The smallest absolute Gasteiger partial charge is 0.269 e. The Labute approximate surface area is 178 Å². The molecule has 1 amide bonds. The SMILES string of the molecule is O=C(Cn1nc(-c2ccc([N+](=O)[O-])cc2)ccc1=O)N1CCN(c2ccccc2)CC1. The number of anilines is 1. The molecular weight excluding hydrogens is 398 g/mol. The monoisotopic (exact) mass is 419 g/mol. The first-order valence-corrected chi connectivity index (χ1v) is 9.92. The lowest BCUT2D eigenvalue weighted by Crippen LogP contribution is -2.50. The van der Waals surface area contributed by atoms with Crippen LogP contribution in [0, 0.1) is 10.1 Å². The number of rotatable bonds is 5. The average Bonchev–Trinajstić information content (AvgIpc) is 2.81. The molecule has 1 fully saturated rings. The van der Waals surface area contributed by atoms with E-state index in [1.54, 1.807) is 23.1 Å². The van der Waals surface area contributed by atoms with Crippen LogP contribution in [0.2, 0.25) is 0 Å². The number of aromatic nitrogens is 2. The number of carbonyl (C=O) groups is 1. The molecule has 1 saturated heterocycles. The summed E-state index contributed by atoms with van der Waals surface area (Å²) in [4.78, 5) is 39.3. The molecule has 2 heterocycles. The van der Waals surface area contributed by atoms with Crippen LogP contribution in [-0.2, 0) is 11.3 Å². The summed E-state index contributed by atoms with van der Waals surface area (Å²) in [6.07, 6.45) is 0. The molecule has 31 heavy (non-hydrogen) atoms. The number of benzene rings is 2. The lowest BCUT2D eigenvalue weighted by molar-refractivity contribution is -0.384. The fourth-order valence-corrected chi connectivity index (χ4v) is 3.55. The van der Waals surface area contributed by atoms with Gasteiger partial charge in [0, 0.05) is 55.6 Å². The largest absolute Gasteiger partial charge is 0.368 e. The third-order valence-corrected chi connectivity index (χ3v) is 5.28. The summed E-state index contributed by atoms with van der Waals surface area (Å²) >= 11 is 0. The molecule has 0 aliphatic carbocycles. The van der Waals surface area contributed by atoms with Crippen LogP contribution >= 0.6 is 0 Å². The van der Waals surface area contributed by atoms with Crippen LogP contribution in [0.1, 0.15) is 0 Å². The van der Waals surface area contributed by atoms with Crippen LogP contribution < -0.4 is 10.5 Å². The highest BCUT2D eigenvalue weighted by Crippen LogP contribution is 2.20. The second kappa shape index (κ2) is 8.78. The number of amides is 1. The van der Waals surface area contributed by atoms with Gasteiger partial charge in [0.2, 0.25) is 5.91 Å². The molecule has 9 nitrogen and oxygen atoms in total. The van der Waals surface area contributed by atoms with E-state index in [1.165, 1.54) is 18.2 Å². The minimum absolute atomic E-state index is 0.0260. The van der Waals surface area contributed by atoms with Gasteiger partial charge in [-0.3, -0.25) is 19.7 Å². The van der Waals surface area contributed by atoms with Crippen LogP contribution in [0.5, 0.6) is 0 Å². The number of para-hydroxylation sites is 1. The molecular formula is C22H21N5O4. The van der Waals surface area contributed by atoms with Crippen molar-refractivity contribution in [3.63, 3.8) is 0 Å². The normalized spacial score (nSPS) is 13.8. The Morgan fingerprint density at radius 2 is 1.61 bits per heavy atom. The molecule has 9 heteroatoms. The number of hydrogen-bond acceptors (Lipinski definition) is 6. The van der Waals surface area contributed by atoms with Crippen molar-refractivity contribution >= 4 is 17.3 Å². The van der Waals surface area contributed by atoms with Gasteiger partial charge in [-0.05, 0) is 30.3 Å². The molecule has 1 aromatic heterocycles. The van der Waals surface area contributed by atoms with Gasteiger partial charge in [0.1, 0.15) is 6.54 Å². The minimum Gasteiger partial charge on any atom is -0.368 e. The number of nitro groups is 1. The summed E-state index contributed by atoms with van der Waals surface area (Å²) in [6.45, 7) is 2.45. The van der Waals surface area contributed by atoms with Gasteiger partial charge in [-0.1, -0.05) is 18.2 Å².